The third-order valence-corrected chi connectivity index (χ3v) is 14.0. The summed E-state index contributed by atoms with van der Waals surface area (Å²) in [5.41, 5.74) is 0. The maximum atomic E-state index is 13.2. The number of carbonyl (C=O) groups excluding carboxylic acids is 1. The molecule has 0 spiro atoms. The Labute approximate surface area is 470 Å². The molecule has 2 saturated heterocycles. The second-order valence-corrected chi connectivity index (χ2v) is 20.7. The van der Waals surface area contributed by atoms with E-state index in [1.54, 1.807) is 6.08 Å². The summed E-state index contributed by atoms with van der Waals surface area (Å²) in [6, 6.07) is -0.919. The number of unbranched alkanes of at least 4 members (excludes halogenated alkanes) is 17. The van der Waals surface area contributed by atoms with E-state index in [9.17, 15) is 45.6 Å². The summed E-state index contributed by atoms with van der Waals surface area (Å²) in [6.07, 6.45) is 51.8. The van der Waals surface area contributed by atoms with E-state index in [4.69, 9.17) is 18.9 Å². The molecule has 0 aromatic rings. The lowest BCUT2D eigenvalue weighted by Crippen LogP contribution is -2.65. The molecule has 1 amide bonds. The van der Waals surface area contributed by atoms with Crippen LogP contribution in [0, 0.1) is 0 Å². The minimum atomic E-state index is -1.79. The highest BCUT2D eigenvalue weighted by Crippen LogP contribution is 2.30. The van der Waals surface area contributed by atoms with Gasteiger partial charge in [-0.05, 0) is 83.5 Å². The molecule has 9 N–H and O–H groups in total. The summed E-state index contributed by atoms with van der Waals surface area (Å²) in [4.78, 5) is 13.2. The van der Waals surface area contributed by atoms with Gasteiger partial charge in [-0.1, -0.05) is 213 Å². The number of amides is 1. The van der Waals surface area contributed by atoms with Crippen molar-refractivity contribution in [3.05, 3.63) is 109 Å². The first-order chi connectivity index (χ1) is 38.1. The Hall–Kier alpha value is -3.35. The lowest BCUT2D eigenvalue weighted by molar-refractivity contribution is -0.359. The molecule has 14 heteroatoms. The molecule has 12 unspecified atom stereocenters. The molecule has 0 saturated carbocycles. The standard InChI is InChI=1S/C64H107NO13/c1-3-5-7-9-11-12-13-14-15-16-17-18-19-20-21-22-23-24-25-26-27-28-29-30-31-32-33-34-35-36-37-38-39-40-42-44-46-48-56(69)65-52(53(68)47-45-43-41-10-8-6-4-2)51-75-63-61(74)59(72)62(55(50-67)77-63)78-64-60(73)58(71)57(70)54(49-66)76-64/h5,7,11-12,14-15,17-18,20-21,23-24,26-27,29-30,45,47,52-55,57-64,66-68,70-74H,3-4,6,8-10,13,16,19,22,25,28,31-44,46,48-51H2,1-2H3,(H,65,69)/b7-5-,12-11-,15-14-,18-17-,21-20-,24-23-,27-26-,30-29-,47-45+. The molecule has 0 aromatic carbocycles. The molecule has 14 nitrogen and oxygen atoms in total. The average molecular weight is 1100 g/mol. The van der Waals surface area contributed by atoms with Crippen molar-refractivity contribution in [1.29, 1.82) is 0 Å². The zero-order chi connectivity index (χ0) is 56.7. The van der Waals surface area contributed by atoms with Gasteiger partial charge in [0.15, 0.2) is 12.6 Å². The van der Waals surface area contributed by atoms with Crippen molar-refractivity contribution in [1.82, 2.24) is 5.32 Å². The summed E-state index contributed by atoms with van der Waals surface area (Å²) in [5, 5.41) is 86.6. The topological polar surface area (TPSA) is 228 Å². The first kappa shape index (κ1) is 70.8. The molecular formula is C64H107NO13. The van der Waals surface area contributed by atoms with Crippen molar-refractivity contribution in [3.63, 3.8) is 0 Å². The fraction of sp³-hybridized carbons (Fsp3) is 0.703. The highest BCUT2D eigenvalue weighted by atomic mass is 16.7. The van der Waals surface area contributed by atoms with Crippen LogP contribution in [0.5, 0.6) is 0 Å². The van der Waals surface area contributed by atoms with Crippen molar-refractivity contribution in [3.8, 4) is 0 Å². The molecule has 12 atom stereocenters. The van der Waals surface area contributed by atoms with Crippen molar-refractivity contribution >= 4 is 5.91 Å². The average Bonchev–Trinajstić information content (AvgIpc) is 3.47. The first-order valence-electron chi connectivity index (χ1n) is 30.1. The monoisotopic (exact) mass is 1100 g/mol. The Kier molecular flexibility index (Phi) is 43.9. The van der Waals surface area contributed by atoms with Gasteiger partial charge in [0.05, 0.1) is 32.0 Å². The van der Waals surface area contributed by atoms with Crippen LogP contribution in [-0.2, 0) is 23.7 Å². The van der Waals surface area contributed by atoms with E-state index >= 15 is 0 Å². The summed E-state index contributed by atoms with van der Waals surface area (Å²) < 4.78 is 22.6. The fourth-order valence-corrected chi connectivity index (χ4v) is 9.13. The number of carbonyl (C=O) groups is 1. The molecule has 2 aliphatic heterocycles. The van der Waals surface area contributed by atoms with Crippen LogP contribution in [0.3, 0.4) is 0 Å². The van der Waals surface area contributed by atoms with Gasteiger partial charge in [-0.25, -0.2) is 0 Å². The van der Waals surface area contributed by atoms with E-state index in [1.807, 2.05) is 6.08 Å². The minimum absolute atomic E-state index is 0.251. The number of allylic oxidation sites excluding steroid dienone is 17. The largest absolute Gasteiger partial charge is 0.394 e. The van der Waals surface area contributed by atoms with Crippen LogP contribution in [0.1, 0.15) is 194 Å². The van der Waals surface area contributed by atoms with Gasteiger partial charge in [0.1, 0.15) is 48.8 Å². The van der Waals surface area contributed by atoms with E-state index in [0.717, 1.165) is 109 Å². The number of hydrogen-bond donors (Lipinski definition) is 9. The van der Waals surface area contributed by atoms with Crippen LogP contribution in [-0.4, -0.2) is 140 Å². The number of rotatable bonds is 46. The second-order valence-electron chi connectivity index (χ2n) is 20.7. The molecule has 2 aliphatic rings. The minimum Gasteiger partial charge on any atom is -0.394 e. The van der Waals surface area contributed by atoms with Crippen LogP contribution < -0.4 is 5.32 Å². The van der Waals surface area contributed by atoms with Crippen molar-refractivity contribution in [2.45, 2.75) is 267 Å². The highest BCUT2D eigenvalue weighted by Gasteiger charge is 2.51. The Morgan fingerprint density at radius 3 is 1.36 bits per heavy atom. The molecule has 446 valence electrons. The maximum absolute atomic E-state index is 13.2. The predicted octanol–water partition coefficient (Wildman–Crippen LogP) is 10.4. The summed E-state index contributed by atoms with van der Waals surface area (Å²) in [5.74, 6) is -0.251. The van der Waals surface area contributed by atoms with E-state index in [1.165, 1.54) is 57.8 Å². The first-order valence-corrected chi connectivity index (χ1v) is 30.1. The zero-order valence-corrected chi connectivity index (χ0v) is 47.9. The fourth-order valence-electron chi connectivity index (χ4n) is 9.13. The van der Waals surface area contributed by atoms with E-state index in [-0.39, 0.29) is 18.9 Å². The molecule has 0 aliphatic carbocycles. The van der Waals surface area contributed by atoms with Gasteiger partial charge in [0.25, 0.3) is 0 Å². The maximum Gasteiger partial charge on any atom is 0.220 e. The van der Waals surface area contributed by atoms with Gasteiger partial charge in [0, 0.05) is 6.42 Å². The summed E-state index contributed by atoms with van der Waals surface area (Å²) in [7, 11) is 0. The Morgan fingerprint density at radius 1 is 0.474 bits per heavy atom. The van der Waals surface area contributed by atoms with E-state index in [0.29, 0.717) is 6.42 Å². The SMILES string of the molecule is CC/C=C\C/C=C\C/C=C\C/C=C\C/C=C\C/C=C\C/C=C\C/C=C\CCCCCCCCCCCCCCC(=O)NC(COC1OC(CO)C(OC2OC(CO)C(O)C(O)C2O)C(O)C1O)C(O)/C=C/CCCCCCC. The van der Waals surface area contributed by atoms with Crippen LogP contribution in [0.2, 0.25) is 0 Å². The molecule has 78 heavy (non-hydrogen) atoms. The number of hydrogen-bond acceptors (Lipinski definition) is 13. The molecule has 2 heterocycles. The molecule has 2 rings (SSSR count). The molecule has 0 aromatic heterocycles. The molecule has 2 fully saturated rings. The summed E-state index contributed by atoms with van der Waals surface area (Å²) >= 11 is 0. The summed E-state index contributed by atoms with van der Waals surface area (Å²) in [6.45, 7) is 2.59. The van der Waals surface area contributed by atoms with Crippen molar-refractivity contribution < 1.29 is 64.6 Å². The second kappa shape index (κ2) is 48.4. The highest BCUT2D eigenvalue weighted by molar-refractivity contribution is 5.76. The third-order valence-electron chi connectivity index (χ3n) is 14.0. The predicted molar refractivity (Wildman–Crippen MR) is 313 cm³/mol. The van der Waals surface area contributed by atoms with E-state index < -0.39 is 86.8 Å². The Morgan fingerprint density at radius 2 is 0.885 bits per heavy atom. The zero-order valence-electron chi connectivity index (χ0n) is 47.9. The quantitative estimate of drug-likeness (QED) is 0.0204. The van der Waals surface area contributed by atoms with Gasteiger partial charge < -0.3 is 65.1 Å². The van der Waals surface area contributed by atoms with Crippen LogP contribution in [0.25, 0.3) is 0 Å². The van der Waals surface area contributed by atoms with Gasteiger partial charge in [0.2, 0.25) is 5.91 Å². The van der Waals surface area contributed by atoms with E-state index in [2.05, 4.69) is 116 Å². The van der Waals surface area contributed by atoms with Crippen molar-refractivity contribution in [2.75, 3.05) is 19.8 Å². The van der Waals surface area contributed by atoms with Gasteiger partial charge in [-0.2, -0.15) is 0 Å². The van der Waals surface area contributed by atoms with Crippen molar-refractivity contribution in [2.24, 2.45) is 0 Å². The number of aliphatic hydroxyl groups excluding tert-OH is 8. The van der Waals surface area contributed by atoms with Crippen LogP contribution in [0.15, 0.2) is 109 Å². The lowest BCUT2D eigenvalue weighted by Gasteiger charge is -2.46. The van der Waals surface area contributed by atoms with Gasteiger partial charge in [-0.15, -0.1) is 0 Å². The van der Waals surface area contributed by atoms with Gasteiger partial charge in [-0.3, -0.25) is 4.79 Å². The smallest absolute Gasteiger partial charge is 0.220 e. The van der Waals surface area contributed by atoms with Crippen LogP contribution >= 0.6 is 0 Å². The van der Waals surface area contributed by atoms with Gasteiger partial charge >= 0.3 is 0 Å². The molecule has 0 bridgehead atoms. The number of aliphatic hydroxyl groups is 8. The Bertz CT molecular complexity index is 1720. The number of ether oxygens (including phenoxy) is 4. The Balaban J connectivity index is 1.57. The lowest BCUT2D eigenvalue weighted by atomic mass is 9.97. The third kappa shape index (κ3) is 33.4. The molecular weight excluding hydrogens is 991 g/mol. The van der Waals surface area contributed by atoms with Crippen LogP contribution in [0.4, 0.5) is 0 Å². The normalized spacial score (nSPS) is 25.4. The number of nitrogens with one attached hydrogen (secondary N) is 1. The molecule has 0 radical (unpaired) electrons.